The maximum atomic E-state index is 10.7. The molecule has 5 heteroatoms. The van der Waals surface area contributed by atoms with Crippen molar-refractivity contribution in [2.24, 2.45) is 0 Å². The number of carbonyl (C=O) groups is 1. The van der Waals surface area contributed by atoms with E-state index in [2.05, 4.69) is 5.16 Å². The SMILES string of the molecule is COc1onc(C(=O)O)c1C1CC1. The number of methoxy groups -OCH3 is 1. The molecule has 1 aromatic rings. The third kappa shape index (κ3) is 1.26. The molecular formula is C8H9NO4. The number of nitrogens with zero attached hydrogens (tertiary/aromatic N) is 1. The van der Waals surface area contributed by atoms with Gasteiger partial charge in [-0.15, -0.1) is 0 Å². The van der Waals surface area contributed by atoms with E-state index in [1.165, 1.54) is 7.11 Å². The van der Waals surface area contributed by atoms with Gasteiger partial charge in [0.2, 0.25) is 0 Å². The number of carboxylic acid groups (broad SMARTS) is 1. The molecule has 0 radical (unpaired) electrons. The largest absolute Gasteiger partial charge is 0.476 e. The van der Waals surface area contributed by atoms with Gasteiger partial charge in [-0.1, -0.05) is 5.16 Å². The van der Waals surface area contributed by atoms with Gasteiger partial charge in [-0.2, -0.15) is 0 Å². The molecular weight excluding hydrogens is 174 g/mol. The first-order chi connectivity index (χ1) is 6.24. The van der Waals surface area contributed by atoms with Crippen molar-refractivity contribution in [3.8, 4) is 5.95 Å². The molecule has 0 aliphatic heterocycles. The topological polar surface area (TPSA) is 72.6 Å². The highest BCUT2D eigenvalue weighted by molar-refractivity contribution is 5.88. The van der Waals surface area contributed by atoms with E-state index in [0.29, 0.717) is 5.56 Å². The number of hydrogen-bond acceptors (Lipinski definition) is 4. The van der Waals surface area contributed by atoms with E-state index < -0.39 is 5.97 Å². The van der Waals surface area contributed by atoms with Crippen LogP contribution in [0.5, 0.6) is 5.95 Å². The summed E-state index contributed by atoms with van der Waals surface area (Å²) in [4.78, 5) is 10.7. The molecule has 0 aromatic carbocycles. The molecule has 70 valence electrons. The minimum Gasteiger partial charge on any atom is -0.476 e. The van der Waals surface area contributed by atoms with E-state index in [0.717, 1.165) is 12.8 Å². The predicted octanol–water partition coefficient (Wildman–Crippen LogP) is 1.26. The molecule has 1 aromatic heterocycles. The van der Waals surface area contributed by atoms with Crippen LogP contribution in [-0.2, 0) is 0 Å². The number of aromatic nitrogens is 1. The number of aromatic carboxylic acids is 1. The van der Waals surface area contributed by atoms with Crippen molar-refractivity contribution in [3.63, 3.8) is 0 Å². The van der Waals surface area contributed by atoms with Crippen LogP contribution < -0.4 is 4.74 Å². The lowest BCUT2D eigenvalue weighted by molar-refractivity contribution is 0.0684. The standard InChI is InChI=1S/C8H9NO4/c1-12-8-5(4-2-3-4)6(7(10)11)9-13-8/h4H,2-3H2,1H3,(H,10,11). The minimum absolute atomic E-state index is 0.0145. The Bertz CT molecular complexity index is 340. The van der Waals surface area contributed by atoms with Crippen LogP contribution in [0.3, 0.4) is 0 Å². The zero-order chi connectivity index (χ0) is 9.42. The maximum absolute atomic E-state index is 10.7. The van der Waals surface area contributed by atoms with E-state index >= 15 is 0 Å². The van der Waals surface area contributed by atoms with Crippen LogP contribution in [0.15, 0.2) is 4.52 Å². The highest BCUT2D eigenvalue weighted by Gasteiger charge is 2.35. The highest BCUT2D eigenvalue weighted by atomic mass is 16.6. The molecule has 1 aliphatic rings. The quantitative estimate of drug-likeness (QED) is 0.763. The fourth-order valence-corrected chi connectivity index (χ4v) is 1.32. The van der Waals surface area contributed by atoms with E-state index in [9.17, 15) is 4.79 Å². The smallest absolute Gasteiger partial charge is 0.358 e. The van der Waals surface area contributed by atoms with Gasteiger partial charge < -0.3 is 14.4 Å². The van der Waals surface area contributed by atoms with Crippen LogP contribution in [-0.4, -0.2) is 23.3 Å². The fraction of sp³-hybridized carbons (Fsp3) is 0.500. The second-order valence-corrected chi connectivity index (χ2v) is 3.02. The molecule has 5 nitrogen and oxygen atoms in total. The Kier molecular flexibility index (Phi) is 1.72. The second-order valence-electron chi connectivity index (χ2n) is 3.02. The normalized spacial score (nSPS) is 15.8. The van der Waals surface area contributed by atoms with E-state index in [1.54, 1.807) is 0 Å². The van der Waals surface area contributed by atoms with Crippen LogP contribution in [0.4, 0.5) is 0 Å². The van der Waals surface area contributed by atoms with Gasteiger partial charge in [-0.05, 0) is 18.8 Å². The molecule has 0 bridgehead atoms. The number of hydrogen-bond donors (Lipinski definition) is 1. The van der Waals surface area contributed by atoms with Gasteiger partial charge in [-0.25, -0.2) is 4.79 Å². The first kappa shape index (κ1) is 8.10. The average Bonchev–Trinajstić information content (AvgIpc) is 2.84. The van der Waals surface area contributed by atoms with Gasteiger partial charge >= 0.3 is 11.9 Å². The molecule has 1 N–H and O–H groups in total. The molecule has 13 heavy (non-hydrogen) atoms. The summed E-state index contributed by atoms with van der Waals surface area (Å²) in [6.07, 6.45) is 1.97. The van der Waals surface area contributed by atoms with Crippen molar-refractivity contribution in [3.05, 3.63) is 11.3 Å². The zero-order valence-corrected chi connectivity index (χ0v) is 7.11. The van der Waals surface area contributed by atoms with Gasteiger partial charge in [0.25, 0.3) is 0 Å². The molecule has 0 amide bonds. The summed E-state index contributed by atoms with van der Waals surface area (Å²) in [5, 5.41) is 12.2. The van der Waals surface area contributed by atoms with E-state index in [-0.39, 0.29) is 17.6 Å². The molecule has 0 atom stereocenters. The van der Waals surface area contributed by atoms with Crippen LogP contribution >= 0.6 is 0 Å². The lowest BCUT2D eigenvalue weighted by Crippen LogP contribution is -2.00. The summed E-state index contributed by atoms with van der Waals surface area (Å²) in [6.45, 7) is 0. The third-order valence-electron chi connectivity index (χ3n) is 2.07. The number of rotatable bonds is 3. The van der Waals surface area contributed by atoms with Gasteiger partial charge in [0.05, 0.1) is 12.7 Å². The molecule has 0 spiro atoms. The Morgan fingerprint density at radius 1 is 1.69 bits per heavy atom. The minimum atomic E-state index is -1.06. The van der Waals surface area contributed by atoms with Crippen molar-refractivity contribution in [2.75, 3.05) is 7.11 Å². The van der Waals surface area contributed by atoms with Crippen LogP contribution in [0.25, 0.3) is 0 Å². The Balaban J connectivity index is 2.44. The summed E-state index contributed by atoms with van der Waals surface area (Å²) >= 11 is 0. The first-order valence-electron chi connectivity index (χ1n) is 4.01. The van der Waals surface area contributed by atoms with Gasteiger partial charge in [0, 0.05) is 0 Å². The first-order valence-corrected chi connectivity index (χ1v) is 4.01. The Hall–Kier alpha value is -1.52. The van der Waals surface area contributed by atoms with Crippen LogP contribution in [0, 0.1) is 0 Å². The zero-order valence-electron chi connectivity index (χ0n) is 7.11. The molecule has 0 unspecified atom stereocenters. The van der Waals surface area contributed by atoms with Crippen molar-refractivity contribution in [2.45, 2.75) is 18.8 Å². The summed E-state index contributed by atoms with van der Waals surface area (Å²) in [7, 11) is 1.44. The maximum Gasteiger partial charge on any atom is 0.358 e. The summed E-state index contributed by atoms with van der Waals surface area (Å²) < 4.78 is 9.64. The van der Waals surface area contributed by atoms with E-state index in [1.807, 2.05) is 0 Å². The molecule has 0 saturated heterocycles. The van der Waals surface area contributed by atoms with Crippen molar-refractivity contribution < 1.29 is 19.2 Å². The van der Waals surface area contributed by atoms with Crippen LogP contribution in [0.2, 0.25) is 0 Å². The van der Waals surface area contributed by atoms with Crippen molar-refractivity contribution >= 4 is 5.97 Å². The molecule has 1 heterocycles. The van der Waals surface area contributed by atoms with Crippen molar-refractivity contribution in [1.82, 2.24) is 5.16 Å². The highest BCUT2D eigenvalue weighted by Crippen LogP contribution is 2.45. The van der Waals surface area contributed by atoms with Crippen molar-refractivity contribution in [1.29, 1.82) is 0 Å². The van der Waals surface area contributed by atoms with Crippen LogP contribution in [0.1, 0.15) is 34.8 Å². The summed E-state index contributed by atoms with van der Waals surface area (Å²) in [5.74, 6) is -0.568. The number of carboxylic acids is 1. The molecule has 1 fully saturated rings. The third-order valence-corrected chi connectivity index (χ3v) is 2.07. The van der Waals surface area contributed by atoms with E-state index in [4.69, 9.17) is 14.4 Å². The van der Waals surface area contributed by atoms with Gasteiger partial charge in [0.1, 0.15) is 0 Å². The van der Waals surface area contributed by atoms with Gasteiger partial charge in [-0.3, -0.25) is 0 Å². The molecule has 1 saturated carbocycles. The lowest BCUT2D eigenvalue weighted by atomic mass is 10.1. The molecule has 1 aliphatic carbocycles. The Morgan fingerprint density at radius 3 is 2.85 bits per heavy atom. The Labute approximate surface area is 74.3 Å². The lowest BCUT2D eigenvalue weighted by Gasteiger charge is -1.96. The second kappa shape index (κ2) is 2.76. The molecule has 2 rings (SSSR count). The average molecular weight is 183 g/mol. The fourth-order valence-electron chi connectivity index (χ4n) is 1.32. The Morgan fingerprint density at radius 2 is 2.38 bits per heavy atom. The predicted molar refractivity (Wildman–Crippen MR) is 42.0 cm³/mol. The number of ether oxygens (including phenoxy) is 1. The summed E-state index contributed by atoms with van der Waals surface area (Å²) in [6, 6.07) is 0. The van der Waals surface area contributed by atoms with Gasteiger partial charge in [0.15, 0.2) is 5.69 Å². The summed E-state index contributed by atoms with van der Waals surface area (Å²) in [5.41, 5.74) is 0.592. The monoisotopic (exact) mass is 183 g/mol.